The first kappa shape index (κ1) is 47.2. The van der Waals surface area contributed by atoms with Gasteiger partial charge in [-0.25, -0.2) is 0 Å². The maximum Gasteiger partial charge on any atom is 0.251 e. The minimum Gasteiger partial charge on any atom is -0.508 e. The molecule has 20 nitrogen and oxygen atoms in total. The molecular weight excluding hydrogens is 807 g/mol. The Kier molecular flexibility index (Phi) is 15.9. The number of nitrogens with zero attached hydrogens (tertiary/aromatic N) is 3. The van der Waals surface area contributed by atoms with E-state index in [1.165, 1.54) is 30.9 Å². The molecule has 3 heterocycles. The first-order chi connectivity index (χ1) is 29.3. The Bertz CT molecular complexity index is 1950. The monoisotopic (exact) mass is 865 g/mol. The van der Waals surface area contributed by atoms with E-state index in [2.05, 4.69) is 26.6 Å². The zero-order valence-corrected chi connectivity index (χ0v) is 35.3. The normalized spacial score (nSPS) is 28.0. The molecule has 0 saturated carbocycles. The number of rotatable bonds is 8. The number of hydrogen-bond acceptors (Lipinski definition) is 13. The lowest BCUT2D eigenvalue weighted by molar-refractivity contribution is -0.145. The third-order valence-electron chi connectivity index (χ3n) is 11.4. The fourth-order valence-electron chi connectivity index (χ4n) is 7.88. The summed E-state index contributed by atoms with van der Waals surface area (Å²) in [6, 6.07) is 3.71. The van der Waals surface area contributed by atoms with E-state index in [-0.39, 0.29) is 69.5 Å². The van der Waals surface area contributed by atoms with Crippen molar-refractivity contribution in [3.8, 4) is 5.75 Å². The van der Waals surface area contributed by atoms with Gasteiger partial charge < -0.3 is 67.4 Å². The highest BCUT2D eigenvalue weighted by Crippen LogP contribution is 2.23. The Balaban J connectivity index is 1.49. The van der Waals surface area contributed by atoms with Crippen LogP contribution in [-0.2, 0) is 35.2 Å². The lowest BCUT2D eigenvalue weighted by Crippen LogP contribution is -2.61. The molecule has 2 aromatic rings. The van der Waals surface area contributed by atoms with Crippen molar-refractivity contribution in [1.29, 1.82) is 0 Å². The SMILES string of the molecule is CC(O)C1NC(=O)C(CCc2ccc(O)cc2)NC(=O)C2C[C@@H](O)CN2C(=O)C(C(C)O)NC(=O)[C@@H](NC(=O)c2ccc(N(C)C)cc2)CCCNC(=O)C2C[C@H](N)CN2C1=O. The summed E-state index contributed by atoms with van der Waals surface area (Å²) in [6.45, 7) is 2.08. The van der Waals surface area contributed by atoms with Crippen molar-refractivity contribution < 1.29 is 54.0 Å². The quantitative estimate of drug-likeness (QED) is 0.129. The topological polar surface area (TPSA) is 296 Å². The largest absolute Gasteiger partial charge is 0.508 e. The van der Waals surface area contributed by atoms with Crippen LogP contribution in [0.3, 0.4) is 0 Å². The molecule has 0 spiro atoms. The molecule has 0 radical (unpaired) electrons. The predicted octanol–water partition coefficient (Wildman–Crippen LogP) is -2.79. The molecule has 0 aliphatic carbocycles. The molecule has 5 rings (SSSR count). The minimum atomic E-state index is -1.65. The van der Waals surface area contributed by atoms with Gasteiger partial charge in [0.25, 0.3) is 5.91 Å². The van der Waals surface area contributed by atoms with Crippen LogP contribution in [0.2, 0.25) is 0 Å². The Morgan fingerprint density at radius 2 is 1.39 bits per heavy atom. The lowest BCUT2D eigenvalue weighted by Gasteiger charge is -2.32. The van der Waals surface area contributed by atoms with Gasteiger partial charge in [-0.2, -0.15) is 0 Å². The van der Waals surface area contributed by atoms with E-state index in [4.69, 9.17) is 5.73 Å². The van der Waals surface area contributed by atoms with Crippen LogP contribution >= 0.6 is 0 Å². The number of phenolic OH excluding ortho intramolecular Hbond substituents is 1. The van der Waals surface area contributed by atoms with Gasteiger partial charge in [-0.3, -0.25) is 33.6 Å². The fourth-order valence-corrected chi connectivity index (χ4v) is 7.88. The van der Waals surface area contributed by atoms with E-state index in [0.717, 1.165) is 10.6 Å². The Morgan fingerprint density at radius 3 is 1.98 bits per heavy atom. The summed E-state index contributed by atoms with van der Waals surface area (Å²) in [6.07, 6.45) is -4.22. The molecule has 3 fully saturated rings. The first-order valence-electron chi connectivity index (χ1n) is 20.8. The molecule has 2 aromatic carbocycles. The number of fused-ring (bicyclic) bond motifs is 2. The lowest BCUT2D eigenvalue weighted by atomic mass is 10.0. The van der Waals surface area contributed by atoms with Crippen molar-refractivity contribution >= 4 is 47.0 Å². The zero-order valence-electron chi connectivity index (χ0n) is 35.3. The van der Waals surface area contributed by atoms with Crippen LogP contribution in [0.5, 0.6) is 5.75 Å². The van der Waals surface area contributed by atoms with Crippen molar-refractivity contribution in [1.82, 2.24) is 36.4 Å². The average molecular weight is 866 g/mol. The number of aliphatic hydroxyl groups is 3. The summed E-state index contributed by atoms with van der Waals surface area (Å²) in [5.41, 5.74) is 7.96. The van der Waals surface area contributed by atoms with Gasteiger partial charge in [0.15, 0.2) is 0 Å². The molecule has 0 aromatic heterocycles. The summed E-state index contributed by atoms with van der Waals surface area (Å²) in [5.74, 6) is -5.50. The third-order valence-corrected chi connectivity index (χ3v) is 11.4. The van der Waals surface area contributed by atoms with Crippen molar-refractivity contribution in [2.75, 3.05) is 38.6 Å². The Labute approximate surface area is 359 Å². The molecule has 338 valence electrons. The standard InChI is InChI=1S/C42H59N9O11/c1-22(52)34-41(61)50-20-26(43)18-32(50)39(59)44-17-5-6-30(45-36(56)25-10-12-27(13-11-25)49(3)4)37(57)47-35(23(2)53)42(62)51-21-29(55)19-33(51)40(60)46-31(38(58)48-34)16-9-24-7-14-28(54)15-8-24/h7-8,10-15,22-23,26,29-35,52-55H,5-6,9,16-21,43H2,1-4H3,(H,44,59)(H,45,56)(H,46,60)(H,47,57)(H,48,58)/t22?,23?,26-,29+,30-,31?,32?,33?,34?,35?/m0/s1. The van der Waals surface area contributed by atoms with Crippen LogP contribution in [0.25, 0.3) is 0 Å². The van der Waals surface area contributed by atoms with Gasteiger partial charge in [-0.15, -0.1) is 0 Å². The van der Waals surface area contributed by atoms with E-state index in [9.17, 15) is 54.0 Å². The van der Waals surface area contributed by atoms with E-state index >= 15 is 0 Å². The number of aromatic hydroxyl groups is 1. The van der Waals surface area contributed by atoms with Crippen LogP contribution in [0.1, 0.15) is 61.9 Å². The van der Waals surface area contributed by atoms with Gasteiger partial charge in [0, 0.05) is 57.4 Å². The summed E-state index contributed by atoms with van der Waals surface area (Å²) in [7, 11) is 3.67. The zero-order chi connectivity index (χ0) is 45.4. The minimum absolute atomic E-state index is 0.00683. The van der Waals surface area contributed by atoms with Crippen LogP contribution < -0.4 is 37.2 Å². The molecule has 7 amide bonds. The molecule has 7 unspecified atom stereocenters. The van der Waals surface area contributed by atoms with Crippen molar-refractivity contribution in [2.45, 2.75) is 113 Å². The molecule has 20 heteroatoms. The maximum absolute atomic E-state index is 14.2. The molecule has 3 aliphatic rings. The number of aliphatic hydroxyl groups excluding tert-OH is 3. The molecule has 3 saturated heterocycles. The number of amides is 7. The number of carbonyl (C=O) groups excluding carboxylic acids is 7. The highest BCUT2D eigenvalue weighted by atomic mass is 16.3. The van der Waals surface area contributed by atoms with Gasteiger partial charge in [0.1, 0.15) is 42.0 Å². The van der Waals surface area contributed by atoms with Crippen molar-refractivity contribution in [3.05, 3.63) is 59.7 Å². The highest BCUT2D eigenvalue weighted by Gasteiger charge is 2.45. The number of phenols is 1. The summed E-state index contributed by atoms with van der Waals surface area (Å²) >= 11 is 0. The summed E-state index contributed by atoms with van der Waals surface area (Å²) in [4.78, 5) is 102. The van der Waals surface area contributed by atoms with Crippen LogP contribution in [0.15, 0.2) is 48.5 Å². The predicted molar refractivity (Wildman–Crippen MR) is 224 cm³/mol. The van der Waals surface area contributed by atoms with E-state index in [1.54, 1.807) is 36.4 Å². The summed E-state index contributed by atoms with van der Waals surface area (Å²) in [5, 5.41) is 55.4. The van der Waals surface area contributed by atoms with E-state index in [0.29, 0.717) is 5.56 Å². The van der Waals surface area contributed by atoms with Gasteiger partial charge >= 0.3 is 0 Å². The third kappa shape index (κ3) is 11.7. The van der Waals surface area contributed by atoms with E-state index in [1.807, 2.05) is 19.0 Å². The number of hydrogen-bond donors (Lipinski definition) is 10. The van der Waals surface area contributed by atoms with Crippen LogP contribution in [0, 0.1) is 0 Å². The smallest absolute Gasteiger partial charge is 0.251 e. The van der Waals surface area contributed by atoms with Gasteiger partial charge in [-0.05, 0) is 87.9 Å². The maximum atomic E-state index is 14.2. The Morgan fingerprint density at radius 1 is 0.806 bits per heavy atom. The van der Waals surface area contributed by atoms with Crippen molar-refractivity contribution in [2.24, 2.45) is 5.73 Å². The number of benzene rings is 2. The number of aryl methyl sites for hydroxylation is 1. The van der Waals surface area contributed by atoms with E-state index < -0.39 is 102 Å². The van der Waals surface area contributed by atoms with Crippen LogP contribution in [0.4, 0.5) is 5.69 Å². The second kappa shape index (κ2) is 20.8. The highest BCUT2D eigenvalue weighted by molar-refractivity contribution is 6.00. The molecular formula is C42H59N9O11. The number of carbonyl (C=O) groups is 7. The molecule has 3 aliphatic heterocycles. The van der Waals surface area contributed by atoms with Gasteiger partial charge in [0.2, 0.25) is 35.4 Å². The Hall–Kier alpha value is -5.83. The van der Waals surface area contributed by atoms with Gasteiger partial charge in [0.05, 0.1) is 18.3 Å². The second-order valence-corrected chi connectivity index (χ2v) is 16.5. The number of anilines is 1. The number of nitrogens with one attached hydrogen (secondary N) is 5. The molecule has 11 N–H and O–H groups in total. The average Bonchev–Trinajstić information content (AvgIpc) is 3.83. The van der Waals surface area contributed by atoms with Gasteiger partial charge in [-0.1, -0.05) is 12.1 Å². The fraction of sp³-hybridized carbons (Fsp3) is 0.548. The molecule has 10 atom stereocenters. The number of nitrogens with two attached hydrogens (primary N) is 1. The second-order valence-electron chi connectivity index (χ2n) is 16.5. The molecule has 0 bridgehead atoms. The molecule has 62 heavy (non-hydrogen) atoms. The first-order valence-corrected chi connectivity index (χ1v) is 20.8. The summed E-state index contributed by atoms with van der Waals surface area (Å²) < 4.78 is 0. The van der Waals surface area contributed by atoms with Crippen LogP contribution in [-0.4, -0.2) is 166 Å². The van der Waals surface area contributed by atoms with Crippen molar-refractivity contribution in [3.63, 3.8) is 0 Å².